The SMILES string of the molecule is Cc1nn([C@H]2CCS(=O)(=O)C2)c(C)c1CN(C)C(=O)c1ccc(Cn2nnc3ccccc32)cc1. The molecular formula is C25H28N6O3S. The molecule has 9 nitrogen and oxygen atoms in total. The van der Waals surface area contributed by atoms with Gasteiger partial charge in [-0.1, -0.05) is 29.5 Å². The monoisotopic (exact) mass is 492 g/mol. The Balaban J connectivity index is 1.28. The summed E-state index contributed by atoms with van der Waals surface area (Å²) in [6, 6.07) is 15.2. The van der Waals surface area contributed by atoms with Gasteiger partial charge in [-0.15, -0.1) is 5.10 Å². The minimum absolute atomic E-state index is 0.0854. The Bertz CT molecular complexity index is 1500. The van der Waals surface area contributed by atoms with E-state index in [4.69, 9.17) is 0 Å². The maximum atomic E-state index is 13.1. The van der Waals surface area contributed by atoms with Crippen molar-refractivity contribution >= 4 is 26.8 Å². The quantitative estimate of drug-likeness (QED) is 0.410. The maximum Gasteiger partial charge on any atom is 0.253 e. The number of hydrogen-bond acceptors (Lipinski definition) is 6. The van der Waals surface area contributed by atoms with Gasteiger partial charge < -0.3 is 4.90 Å². The smallest absolute Gasteiger partial charge is 0.253 e. The summed E-state index contributed by atoms with van der Waals surface area (Å²) in [5.74, 6) is 0.241. The van der Waals surface area contributed by atoms with Crippen molar-refractivity contribution in [2.45, 2.75) is 39.4 Å². The molecule has 0 N–H and O–H groups in total. The largest absolute Gasteiger partial charge is 0.337 e. The second-order valence-electron chi connectivity index (χ2n) is 9.24. The molecule has 1 saturated heterocycles. The van der Waals surface area contributed by atoms with Crippen LogP contribution in [0.5, 0.6) is 0 Å². The van der Waals surface area contributed by atoms with E-state index in [1.165, 1.54) is 0 Å². The van der Waals surface area contributed by atoms with Gasteiger partial charge in [-0.2, -0.15) is 5.10 Å². The number of amides is 1. The van der Waals surface area contributed by atoms with Crippen molar-refractivity contribution in [2.24, 2.45) is 0 Å². The van der Waals surface area contributed by atoms with Crippen LogP contribution in [0.15, 0.2) is 48.5 Å². The lowest BCUT2D eigenvalue weighted by atomic mass is 10.1. The predicted molar refractivity (Wildman–Crippen MR) is 133 cm³/mol. The van der Waals surface area contributed by atoms with Crippen LogP contribution in [-0.2, 0) is 22.9 Å². The Kier molecular flexibility index (Phi) is 5.92. The van der Waals surface area contributed by atoms with Crippen molar-refractivity contribution in [3.05, 3.63) is 76.6 Å². The normalized spacial score (nSPS) is 17.2. The third-order valence-electron chi connectivity index (χ3n) is 6.72. The van der Waals surface area contributed by atoms with Gasteiger partial charge in [0.1, 0.15) is 5.52 Å². The molecule has 5 rings (SSSR count). The van der Waals surface area contributed by atoms with E-state index in [1.54, 1.807) is 11.9 Å². The number of carbonyl (C=O) groups is 1. The lowest BCUT2D eigenvalue weighted by molar-refractivity contribution is 0.0784. The van der Waals surface area contributed by atoms with Gasteiger partial charge in [0.05, 0.1) is 35.3 Å². The van der Waals surface area contributed by atoms with Crippen LogP contribution in [0.25, 0.3) is 11.0 Å². The lowest BCUT2D eigenvalue weighted by Gasteiger charge is -2.18. The summed E-state index contributed by atoms with van der Waals surface area (Å²) in [5.41, 5.74) is 6.14. The summed E-state index contributed by atoms with van der Waals surface area (Å²) in [6.45, 7) is 4.83. The van der Waals surface area contributed by atoms with Crippen LogP contribution >= 0.6 is 0 Å². The number of aromatic nitrogens is 5. The molecule has 182 valence electrons. The molecule has 0 spiro atoms. The topological polar surface area (TPSA) is 103 Å². The zero-order valence-electron chi connectivity index (χ0n) is 20.0. The fraction of sp³-hybridized carbons (Fsp3) is 0.360. The molecule has 2 aromatic heterocycles. The first-order valence-electron chi connectivity index (χ1n) is 11.6. The first kappa shape index (κ1) is 23.2. The van der Waals surface area contributed by atoms with Crippen molar-refractivity contribution in [3.63, 3.8) is 0 Å². The van der Waals surface area contributed by atoms with Crippen LogP contribution in [0.1, 0.15) is 45.3 Å². The highest BCUT2D eigenvalue weighted by Crippen LogP contribution is 2.27. The number of nitrogens with zero attached hydrogens (tertiary/aromatic N) is 6. The van der Waals surface area contributed by atoms with Crippen LogP contribution in [0.2, 0.25) is 0 Å². The molecule has 10 heteroatoms. The van der Waals surface area contributed by atoms with Crippen molar-refractivity contribution < 1.29 is 13.2 Å². The van der Waals surface area contributed by atoms with E-state index in [1.807, 2.05) is 71.7 Å². The Morgan fingerprint density at radius 1 is 1.11 bits per heavy atom. The number of carbonyl (C=O) groups excluding carboxylic acids is 1. The first-order chi connectivity index (χ1) is 16.7. The average molecular weight is 493 g/mol. The number of sulfone groups is 1. The molecule has 1 amide bonds. The van der Waals surface area contributed by atoms with Crippen LogP contribution < -0.4 is 0 Å². The Morgan fingerprint density at radius 2 is 1.86 bits per heavy atom. The minimum Gasteiger partial charge on any atom is -0.337 e. The van der Waals surface area contributed by atoms with Crippen molar-refractivity contribution in [3.8, 4) is 0 Å². The summed E-state index contributed by atoms with van der Waals surface area (Å²) >= 11 is 0. The first-order valence-corrected chi connectivity index (χ1v) is 13.4. The number of benzene rings is 2. The Hall–Kier alpha value is -3.53. The van der Waals surface area contributed by atoms with E-state index in [-0.39, 0.29) is 23.5 Å². The molecule has 1 atom stereocenters. The maximum absolute atomic E-state index is 13.1. The summed E-state index contributed by atoms with van der Waals surface area (Å²) in [4.78, 5) is 14.8. The van der Waals surface area contributed by atoms with Crippen LogP contribution in [0.3, 0.4) is 0 Å². The van der Waals surface area contributed by atoms with Gasteiger partial charge in [-0.05, 0) is 50.1 Å². The molecule has 0 aliphatic carbocycles. The predicted octanol–water partition coefficient (Wildman–Crippen LogP) is 2.92. The van der Waals surface area contributed by atoms with Gasteiger partial charge in [0.25, 0.3) is 5.91 Å². The van der Waals surface area contributed by atoms with Gasteiger partial charge in [0.2, 0.25) is 0 Å². The van der Waals surface area contributed by atoms with Crippen LogP contribution in [0, 0.1) is 13.8 Å². The molecule has 0 bridgehead atoms. The molecule has 0 saturated carbocycles. The van der Waals surface area contributed by atoms with E-state index >= 15 is 0 Å². The highest BCUT2D eigenvalue weighted by Gasteiger charge is 2.31. The van der Waals surface area contributed by atoms with E-state index in [0.717, 1.165) is 33.5 Å². The summed E-state index contributed by atoms with van der Waals surface area (Å²) < 4.78 is 27.5. The highest BCUT2D eigenvalue weighted by molar-refractivity contribution is 7.91. The molecule has 4 aromatic rings. The number of hydrogen-bond donors (Lipinski definition) is 0. The molecular weight excluding hydrogens is 464 g/mol. The average Bonchev–Trinajstić information content (AvgIpc) is 3.50. The van der Waals surface area contributed by atoms with Gasteiger partial charge in [0, 0.05) is 30.4 Å². The van der Waals surface area contributed by atoms with Crippen molar-refractivity contribution in [2.75, 3.05) is 18.6 Å². The van der Waals surface area contributed by atoms with Gasteiger partial charge in [-0.3, -0.25) is 9.48 Å². The number of rotatable bonds is 6. The fourth-order valence-electron chi connectivity index (χ4n) is 4.74. The van der Waals surface area contributed by atoms with E-state index in [2.05, 4.69) is 15.4 Å². The van der Waals surface area contributed by atoms with Gasteiger partial charge in [-0.25, -0.2) is 13.1 Å². The third-order valence-corrected chi connectivity index (χ3v) is 8.47. The fourth-order valence-corrected chi connectivity index (χ4v) is 6.43. The highest BCUT2D eigenvalue weighted by atomic mass is 32.2. The molecule has 2 aromatic carbocycles. The second-order valence-corrected chi connectivity index (χ2v) is 11.5. The van der Waals surface area contributed by atoms with E-state index < -0.39 is 9.84 Å². The van der Waals surface area contributed by atoms with Crippen molar-refractivity contribution in [1.82, 2.24) is 29.7 Å². The third kappa shape index (κ3) is 4.58. The van der Waals surface area contributed by atoms with Gasteiger partial charge >= 0.3 is 0 Å². The molecule has 1 fully saturated rings. The van der Waals surface area contributed by atoms with E-state index in [9.17, 15) is 13.2 Å². The summed E-state index contributed by atoms with van der Waals surface area (Å²) in [7, 11) is -1.23. The molecule has 1 aliphatic rings. The Morgan fingerprint density at radius 3 is 2.57 bits per heavy atom. The number of fused-ring (bicyclic) bond motifs is 1. The van der Waals surface area contributed by atoms with Gasteiger partial charge in [0.15, 0.2) is 9.84 Å². The molecule has 35 heavy (non-hydrogen) atoms. The van der Waals surface area contributed by atoms with Crippen LogP contribution in [0.4, 0.5) is 0 Å². The zero-order chi connectivity index (χ0) is 24.7. The second kappa shape index (κ2) is 8.92. The molecule has 0 radical (unpaired) electrons. The molecule has 0 unspecified atom stereocenters. The number of para-hydroxylation sites is 1. The van der Waals surface area contributed by atoms with Crippen LogP contribution in [-0.4, -0.2) is 62.6 Å². The summed E-state index contributed by atoms with van der Waals surface area (Å²) in [5, 5.41) is 13.0. The number of aryl methyl sites for hydroxylation is 1. The minimum atomic E-state index is -3.00. The zero-order valence-corrected chi connectivity index (χ0v) is 20.9. The van der Waals surface area contributed by atoms with E-state index in [0.29, 0.717) is 25.1 Å². The molecule has 3 heterocycles. The standard InChI is InChI=1S/C25H28N6O3S/c1-17-22(18(2)31(27-17)21-12-13-35(33,34)16-21)15-29(3)25(32)20-10-8-19(9-11-20)14-30-24-7-5-4-6-23(24)26-28-30/h4-11,21H,12-16H2,1-3H3/t21-/m0/s1. The molecule has 1 aliphatic heterocycles. The Labute approximate surface area is 204 Å². The van der Waals surface area contributed by atoms with Crippen molar-refractivity contribution in [1.29, 1.82) is 0 Å². The summed E-state index contributed by atoms with van der Waals surface area (Å²) in [6.07, 6.45) is 0.579. The lowest BCUT2D eigenvalue weighted by Crippen LogP contribution is -2.26.